The normalized spacial score (nSPS) is 26.0. The Hall–Kier alpha value is -1.73. The highest BCUT2D eigenvalue weighted by Crippen LogP contribution is 2.40. The van der Waals surface area contributed by atoms with Crippen LogP contribution in [-0.4, -0.2) is 43.2 Å². The number of nitrogens with zero attached hydrogens (tertiary/aromatic N) is 4. The van der Waals surface area contributed by atoms with E-state index in [9.17, 15) is 5.11 Å². The molecule has 0 aromatic carbocycles. The molecule has 1 saturated carbocycles. The first-order valence-corrected chi connectivity index (χ1v) is 7.84. The van der Waals surface area contributed by atoms with Crippen LogP contribution in [0.15, 0.2) is 4.52 Å². The Bertz CT molecular complexity index is 690. The van der Waals surface area contributed by atoms with E-state index in [4.69, 9.17) is 4.52 Å². The van der Waals surface area contributed by atoms with Gasteiger partial charge in [0.05, 0.1) is 5.69 Å². The molecule has 1 aliphatic carbocycles. The molecule has 4 rings (SSSR count). The fraction of sp³-hybridized carbons (Fsp3) is 0.667. The van der Waals surface area contributed by atoms with Crippen molar-refractivity contribution in [2.45, 2.75) is 51.2 Å². The van der Waals surface area contributed by atoms with Gasteiger partial charge in [0.1, 0.15) is 5.82 Å². The third-order valence-corrected chi connectivity index (χ3v) is 4.59. The lowest BCUT2D eigenvalue weighted by molar-refractivity contribution is 0.0130. The fourth-order valence-electron chi connectivity index (χ4n) is 3.14. The molecular formula is C15H21N5O2. The maximum Gasteiger partial charge on any atom is 0.260 e. The molecule has 2 aromatic rings. The van der Waals surface area contributed by atoms with Crippen molar-refractivity contribution in [3.63, 3.8) is 0 Å². The van der Waals surface area contributed by atoms with E-state index in [0.29, 0.717) is 24.8 Å². The number of aryl methyl sites for hydroxylation is 2. The zero-order valence-electron chi connectivity index (χ0n) is 13.0. The van der Waals surface area contributed by atoms with Crippen LogP contribution < -0.4 is 0 Å². The summed E-state index contributed by atoms with van der Waals surface area (Å²) in [6.45, 7) is 6.00. The van der Waals surface area contributed by atoms with Crippen LogP contribution in [0.3, 0.4) is 0 Å². The minimum absolute atomic E-state index is 0.367. The SMILES string of the molecule is Cc1nc(CN2CCC(O)(c3nc(C4CC4)no3)C2)c(C)[nH]1. The summed E-state index contributed by atoms with van der Waals surface area (Å²) in [5, 5.41) is 14.8. The lowest BCUT2D eigenvalue weighted by Crippen LogP contribution is -2.31. The summed E-state index contributed by atoms with van der Waals surface area (Å²) in [4.78, 5) is 14.3. The van der Waals surface area contributed by atoms with Gasteiger partial charge < -0.3 is 14.6 Å². The average molecular weight is 303 g/mol. The molecule has 22 heavy (non-hydrogen) atoms. The van der Waals surface area contributed by atoms with E-state index in [1.807, 2.05) is 13.8 Å². The zero-order chi connectivity index (χ0) is 15.3. The highest BCUT2D eigenvalue weighted by molar-refractivity contribution is 5.14. The van der Waals surface area contributed by atoms with E-state index in [0.717, 1.165) is 49.0 Å². The number of aromatic amines is 1. The van der Waals surface area contributed by atoms with Crippen molar-refractivity contribution < 1.29 is 9.63 Å². The Morgan fingerprint density at radius 3 is 2.86 bits per heavy atom. The first-order chi connectivity index (χ1) is 10.5. The van der Waals surface area contributed by atoms with Gasteiger partial charge in [-0.05, 0) is 33.1 Å². The topological polar surface area (TPSA) is 91.1 Å². The first kappa shape index (κ1) is 13.9. The Labute approximate surface area is 128 Å². The number of nitrogens with one attached hydrogen (secondary N) is 1. The van der Waals surface area contributed by atoms with Crippen LogP contribution in [0.4, 0.5) is 0 Å². The van der Waals surface area contributed by atoms with E-state index in [1.54, 1.807) is 0 Å². The predicted molar refractivity (Wildman–Crippen MR) is 78.1 cm³/mol. The number of β-amino-alcohol motifs (C(OH)–C–C–N with tert-alkyl or cyclic N) is 1. The highest BCUT2D eigenvalue weighted by Gasteiger charge is 2.43. The molecule has 2 aliphatic rings. The predicted octanol–water partition coefficient (Wildman–Crippen LogP) is 1.38. The van der Waals surface area contributed by atoms with Crippen molar-refractivity contribution >= 4 is 0 Å². The van der Waals surface area contributed by atoms with Crippen molar-refractivity contribution in [1.82, 2.24) is 25.0 Å². The molecule has 7 nitrogen and oxygen atoms in total. The standard InChI is InChI=1S/C15H21N5O2/c1-9-12(17-10(2)16-9)7-20-6-5-15(21,8-20)14-18-13(19-22-14)11-3-4-11/h11,21H,3-8H2,1-2H3,(H,16,17). The summed E-state index contributed by atoms with van der Waals surface area (Å²) in [5.74, 6) is 2.48. The van der Waals surface area contributed by atoms with Crippen LogP contribution in [-0.2, 0) is 12.1 Å². The van der Waals surface area contributed by atoms with E-state index in [-0.39, 0.29) is 0 Å². The second kappa shape index (κ2) is 4.89. The van der Waals surface area contributed by atoms with Crippen LogP contribution in [0.5, 0.6) is 0 Å². The lowest BCUT2D eigenvalue weighted by Gasteiger charge is -2.19. The molecule has 0 bridgehead atoms. The molecule has 118 valence electrons. The number of aliphatic hydroxyl groups is 1. The average Bonchev–Trinajstić information content (AvgIpc) is 2.92. The second-order valence-electron chi connectivity index (χ2n) is 6.62. The number of imidazole rings is 1. The third kappa shape index (κ3) is 2.44. The Kier molecular flexibility index (Phi) is 3.09. The van der Waals surface area contributed by atoms with Crippen LogP contribution in [0.25, 0.3) is 0 Å². The van der Waals surface area contributed by atoms with Crippen molar-refractivity contribution in [1.29, 1.82) is 0 Å². The quantitative estimate of drug-likeness (QED) is 0.886. The Morgan fingerprint density at radius 1 is 1.36 bits per heavy atom. The van der Waals surface area contributed by atoms with Crippen molar-refractivity contribution in [2.24, 2.45) is 0 Å². The smallest absolute Gasteiger partial charge is 0.260 e. The van der Waals surface area contributed by atoms with Gasteiger partial charge in [0.2, 0.25) is 0 Å². The van der Waals surface area contributed by atoms with Crippen LogP contribution in [0, 0.1) is 13.8 Å². The van der Waals surface area contributed by atoms with E-state index in [2.05, 4.69) is 25.0 Å². The summed E-state index contributed by atoms with van der Waals surface area (Å²) in [6, 6.07) is 0. The molecule has 0 amide bonds. The number of H-pyrrole nitrogens is 1. The van der Waals surface area contributed by atoms with Gasteiger partial charge in [0.25, 0.3) is 5.89 Å². The first-order valence-electron chi connectivity index (χ1n) is 7.84. The van der Waals surface area contributed by atoms with Gasteiger partial charge in [-0.3, -0.25) is 4.90 Å². The molecule has 2 N–H and O–H groups in total. The minimum Gasteiger partial charge on any atom is -0.379 e. The summed E-state index contributed by atoms with van der Waals surface area (Å²) >= 11 is 0. The fourth-order valence-corrected chi connectivity index (χ4v) is 3.14. The molecule has 0 spiro atoms. The van der Waals surface area contributed by atoms with Crippen LogP contribution in [0.2, 0.25) is 0 Å². The van der Waals surface area contributed by atoms with Gasteiger partial charge >= 0.3 is 0 Å². The summed E-state index contributed by atoms with van der Waals surface area (Å²) < 4.78 is 5.32. The molecule has 1 unspecified atom stereocenters. The van der Waals surface area contributed by atoms with Crippen LogP contribution >= 0.6 is 0 Å². The number of hydrogen-bond donors (Lipinski definition) is 2. The number of hydrogen-bond acceptors (Lipinski definition) is 6. The number of likely N-dealkylation sites (tertiary alicyclic amines) is 1. The summed E-state index contributed by atoms with van der Waals surface area (Å²) in [6.07, 6.45) is 2.87. The Balaban J connectivity index is 1.47. The minimum atomic E-state index is -1.03. The summed E-state index contributed by atoms with van der Waals surface area (Å²) in [5.41, 5.74) is 1.09. The van der Waals surface area contributed by atoms with Gasteiger partial charge in [0, 0.05) is 31.2 Å². The van der Waals surface area contributed by atoms with Crippen molar-refractivity contribution in [2.75, 3.05) is 13.1 Å². The third-order valence-electron chi connectivity index (χ3n) is 4.59. The Morgan fingerprint density at radius 2 is 2.18 bits per heavy atom. The van der Waals surface area contributed by atoms with Crippen LogP contribution in [0.1, 0.15) is 54.1 Å². The van der Waals surface area contributed by atoms with Gasteiger partial charge in [-0.2, -0.15) is 4.98 Å². The van der Waals surface area contributed by atoms with Gasteiger partial charge in [-0.1, -0.05) is 5.16 Å². The molecule has 2 fully saturated rings. The molecule has 1 atom stereocenters. The second-order valence-corrected chi connectivity index (χ2v) is 6.62. The maximum absolute atomic E-state index is 10.8. The highest BCUT2D eigenvalue weighted by atomic mass is 16.5. The zero-order valence-corrected chi connectivity index (χ0v) is 13.0. The molecule has 7 heteroatoms. The molecule has 0 radical (unpaired) electrons. The molecular weight excluding hydrogens is 282 g/mol. The summed E-state index contributed by atoms with van der Waals surface area (Å²) in [7, 11) is 0. The molecule has 2 aromatic heterocycles. The number of aromatic nitrogens is 4. The molecule has 3 heterocycles. The van der Waals surface area contributed by atoms with Gasteiger partial charge in [-0.25, -0.2) is 4.98 Å². The lowest BCUT2D eigenvalue weighted by atomic mass is 10.0. The van der Waals surface area contributed by atoms with Gasteiger partial charge in [0.15, 0.2) is 11.4 Å². The largest absolute Gasteiger partial charge is 0.379 e. The van der Waals surface area contributed by atoms with Crippen molar-refractivity contribution in [3.05, 3.63) is 28.9 Å². The van der Waals surface area contributed by atoms with E-state index < -0.39 is 5.60 Å². The van der Waals surface area contributed by atoms with Gasteiger partial charge in [-0.15, -0.1) is 0 Å². The monoisotopic (exact) mass is 303 g/mol. The van der Waals surface area contributed by atoms with Crippen molar-refractivity contribution in [3.8, 4) is 0 Å². The maximum atomic E-state index is 10.8. The molecule has 1 aliphatic heterocycles. The number of rotatable bonds is 4. The van der Waals surface area contributed by atoms with E-state index >= 15 is 0 Å². The molecule has 1 saturated heterocycles. The van der Waals surface area contributed by atoms with E-state index in [1.165, 1.54) is 0 Å².